The molecule has 0 aliphatic heterocycles. The third-order valence-electron chi connectivity index (χ3n) is 4.48. The second kappa shape index (κ2) is 9.95. The number of anilines is 1. The van der Waals surface area contributed by atoms with E-state index in [0.717, 1.165) is 11.3 Å². The molecule has 0 aliphatic rings. The van der Waals surface area contributed by atoms with Gasteiger partial charge in [0.2, 0.25) is 5.91 Å². The molecule has 0 radical (unpaired) electrons. The minimum Gasteiger partial charge on any atom is -0.484 e. The summed E-state index contributed by atoms with van der Waals surface area (Å²) in [5.41, 5.74) is 3.07. The predicted molar refractivity (Wildman–Crippen MR) is 117 cm³/mol. The third kappa shape index (κ3) is 5.52. The summed E-state index contributed by atoms with van der Waals surface area (Å²) < 4.78 is 20.7. The van der Waals surface area contributed by atoms with Gasteiger partial charge in [-0.3, -0.25) is 4.79 Å². The molecule has 9 heteroatoms. The quantitative estimate of drug-likeness (QED) is 0.490. The van der Waals surface area contributed by atoms with E-state index in [0.29, 0.717) is 23.3 Å². The molecule has 0 saturated heterocycles. The van der Waals surface area contributed by atoms with Crippen molar-refractivity contribution in [3.8, 4) is 5.75 Å². The van der Waals surface area contributed by atoms with Crippen LogP contribution in [0.2, 0.25) is 5.02 Å². The predicted octanol–water partition coefficient (Wildman–Crippen LogP) is 5.02. The van der Waals surface area contributed by atoms with E-state index in [2.05, 4.69) is 15.5 Å². The van der Waals surface area contributed by atoms with Crippen molar-refractivity contribution in [2.75, 3.05) is 11.1 Å². The highest BCUT2D eigenvalue weighted by molar-refractivity contribution is 7.99. The molecule has 0 aliphatic carbocycles. The number of hydrogen-bond acceptors (Lipinski definition) is 5. The molecule has 0 fully saturated rings. The summed E-state index contributed by atoms with van der Waals surface area (Å²) in [7, 11) is 0. The van der Waals surface area contributed by atoms with Gasteiger partial charge in [0.05, 0.1) is 10.8 Å². The number of rotatable bonds is 8. The smallest absolute Gasteiger partial charge is 0.234 e. The van der Waals surface area contributed by atoms with Gasteiger partial charge in [0.25, 0.3) is 0 Å². The van der Waals surface area contributed by atoms with Crippen molar-refractivity contribution in [1.29, 1.82) is 0 Å². The maximum absolute atomic E-state index is 13.2. The Balaban J connectivity index is 1.59. The molecule has 0 atom stereocenters. The lowest BCUT2D eigenvalue weighted by Gasteiger charge is -2.10. The number of halogens is 2. The standard InChI is InChI=1S/C21H22ClFN4O2S/c1-4-27-19(11-29-18-8-6-15(23)10-17(18)22)25-26-21(27)30-12-20(28)24-16-7-5-13(2)14(3)9-16/h5-10H,4,11-12H2,1-3H3,(H,24,28). The fourth-order valence-corrected chi connectivity index (χ4v) is 3.77. The van der Waals surface area contributed by atoms with Crippen LogP contribution in [0.5, 0.6) is 5.75 Å². The molecule has 3 rings (SSSR count). The molecule has 1 amide bonds. The highest BCUT2D eigenvalue weighted by Crippen LogP contribution is 2.26. The number of nitrogens with one attached hydrogen (secondary N) is 1. The summed E-state index contributed by atoms with van der Waals surface area (Å²) in [6.45, 7) is 6.73. The molecule has 0 saturated carbocycles. The summed E-state index contributed by atoms with van der Waals surface area (Å²) in [6.07, 6.45) is 0. The first-order valence-corrected chi connectivity index (χ1v) is 10.7. The minimum atomic E-state index is -0.429. The molecular formula is C21H22ClFN4O2S. The summed E-state index contributed by atoms with van der Waals surface area (Å²) in [4.78, 5) is 12.3. The van der Waals surface area contributed by atoms with Crippen LogP contribution in [0.15, 0.2) is 41.6 Å². The fraction of sp³-hybridized carbons (Fsp3) is 0.286. The first-order chi connectivity index (χ1) is 14.4. The monoisotopic (exact) mass is 448 g/mol. The SMILES string of the molecule is CCn1c(COc2ccc(F)cc2Cl)nnc1SCC(=O)Nc1ccc(C)c(C)c1. The van der Waals surface area contributed by atoms with E-state index >= 15 is 0 Å². The van der Waals surface area contributed by atoms with E-state index in [9.17, 15) is 9.18 Å². The van der Waals surface area contributed by atoms with Gasteiger partial charge < -0.3 is 14.6 Å². The van der Waals surface area contributed by atoms with Crippen LogP contribution in [-0.2, 0) is 17.9 Å². The van der Waals surface area contributed by atoms with Crippen LogP contribution in [0.4, 0.5) is 10.1 Å². The van der Waals surface area contributed by atoms with Crippen LogP contribution >= 0.6 is 23.4 Å². The Kier molecular flexibility index (Phi) is 7.33. The number of nitrogens with zero attached hydrogens (tertiary/aromatic N) is 3. The second-order valence-electron chi connectivity index (χ2n) is 6.64. The van der Waals surface area contributed by atoms with E-state index in [1.165, 1.54) is 35.5 Å². The maximum Gasteiger partial charge on any atom is 0.234 e. The van der Waals surface area contributed by atoms with E-state index in [4.69, 9.17) is 16.3 Å². The molecule has 0 unspecified atom stereocenters. The van der Waals surface area contributed by atoms with Crippen LogP contribution in [0, 0.1) is 19.7 Å². The zero-order chi connectivity index (χ0) is 21.7. The van der Waals surface area contributed by atoms with Crippen molar-refractivity contribution >= 4 is 35.0 Å². The molecule has 3 aromatic rings. The van der Waals surface area contributed by atoms with Gasteiger partial charge in [0.1, 0.15) is 18.2 Å². The number of ether oxygens (including phenoxy) is 1. The van der Waals surface area contributed by atoms with Gasteiger partial charge in [-0.25, -0.2) is 4.39 Å². The van der Waals surface area contributed by atoms with Gasteiger partial charge in [-0.05, 0) is 62.2 Å². The Morgan fingerprint density at radius 3 is 2.70 bits per heavy atom. The molecule has 30 heavy (non-hydrogen) atoms. The minimum absolute atomic E-state index is 0.121. The van der Waals surface area contributed by atoms with Gasteiger partial charge in [0, 0.05) is 12.2 Å². The first-order valence-electron chi connectivity index (χ1n) is 9.37. The molecule has 0 spiro atoms. The number of benzene rings is 2. The van der Waals surface area contributed by atoms with Crippen LogP contribution < -0.4 is 10.1 Å². The Morgan fingerprint density at radius 1 is 1.20 bits per heavy atom. The topological polar surface area (TPSA) is 69.0 Å². The normalized spacial score (nSPS) is 10.8. The van der Waals surface area contributed by atoms with E-state index < -0.39 is 5.82 Å². The fourth-order valence-electron chi connectivity index (χ4n) is 2.73. The molecule has 0 bridgehead atoms. The van der Waals surface area contributed by atoms with Crippen molar-refractivity contribution in [3.63, 3.8) is 0 Å². The molecular weight excluding hydrogens is 427 g/mol. The van der Waals surface area contributed by atoms with Gasteiger partial charge >= 0.3 is 0 Å². The molecule has 1 aromatic heterocycles. The lowest BCUT2D eigenvalue weighted by Crippen LogP contribution is -2.15. The number of hydrogen-bond donors (Lipinski definition) is 1. The number of carbonyl (C=O) groups is 1. The van der Waals surface area contributed by atoms with Crippen molar-refractivity contribution in [2.24, 2.45) is 0 Å². The Hall–Kier alpha value is -2.58. The van der Waals surface area contributed by atoms with Crippen molar-refractivity contribution in [2.45, 2.75) is 39.1 Å². The van der Waals surface area contributed by atoms with Crippen molar-refractivity contribution < 1.29 is 13.9 Å². The molecule has 158 valence electrons. The Morgan fingerprint density at radius 2 is 2.00 bits per heavy atom. The van der Waals surface area contributed by atoms with E-state index in [-0.39, 0.29) is 23.3 Å². The van der Waals surface area contributed by atoms with Gasteiger partial charge in [-0.2, -0.15) is 0 Å². The van der Waals surface area contributed by atoms with Crippen LogP contribution in [0.1, 0.15) is 23.9 Å². The summed E-state index contributed by atoms with van der Waals surface area (Å²) in [6, 6.07) is 9.75. The van der Waals surface area contributed by atoms with E-state index in [1.807, 2.05) is 43.5 Å². The summed E-state index contributed by atoms with van der Waals surface area (Å²) in [5, 5.41) is 12.0. The number of amides is 1. The van der Waals surface area contributed by atoms with E-state index in [1.54, 1.807) is 0 Å². The lowest BCUT2D eigenvalue weighted by atomic mass is 10.1. The van der Waals surface area contributed by atoms with Gasteiger partial charge in [-0.15, -0.1) is 10.2 Å². The zero-order valence-electron chi connectivity index (χ0n) is 16.9. The maximum atomic E-state index is 13.2. The summed E-state index contributed by atoms with van der Waals surface area (Å²) in [5.74, 6) is 0.614. The van der Waals surface area contributed by atoms with Crippen molar-refractivity contribution in [3.05, 3.63) is 64.2 Å². The lowest BCUT2D eigenvalue weighted by molar-refractivity contribution is -0.113. The zero-order valence-corrected chi connectivity index (χ0v) is 18.5. The third-order valence-corrected chi connectivity index (χ3v) is 5.75. The van der Waals surface area contributed by atoms with Crippen LogP contribution in [0.25, 0.3) is 0 Å². The highest BCUT2D eigenvalue weighted by Gasteiger charge is 2.15. The number of aromatic nitrogens is 3. The average Bonchev–Trinajstić information content (AvgIpc) is 3.10. The molecule has 1 heterocycles. The number of carbonyl (C=O) groups excluding carboxylic acids is 1. The Labute approximate surface area is 183 Å². The second-order valence-corrected chi connectivity index (χ2v) is 7.99. The summed E-state index contributed by atoms with van der Waals surface area (Å²) >= 11 is 7.29. The first kappa shape index (κ1) is 22.1. The van der Waals surface area contributed by atoms with Crippen molar-refractivity contribution in [1.82, 2.24) is 14.8 Å². The number of thioether (sulfide) groups is 1. The molecule has 6 nitrogen and oxygen atoms in total. The van der Waals surface area contributed by atoms with Gasteiger partial charge in [-0.1, -0.05) is 29.4 Å². The Bertz CT molecular complexity index is 1060. The average molecular weight is 449 g/mol. The van der Waals surface area contributed by atoms with Crippen LogP contribution in [0.3, 0.4) is 0 Å². The highest BCUT2D eigenvalue weighted by atomic mass is 35.5. The van der Waals surface area contributed by atoms with Crippen LogP contribution in [-0.4, -0.2) is 26.4 Å². The van der Waals surface area contributed by atoms with Gasteiger partial charge in [0.15, 0.2) is 11.0 Å². The molecule has 1 N–H and O–H groups in total. The largest absolute Gasteiger partial charge is 0.484 e. The number of aryl methyl sites for hydroxylation is 2. The molecule has 2 aromatic carbocycles.